The van der Waals surface area contributed by atoms with Crippen LogP contribution in [-0.2, 0) is 0 Å². The topological polar surface area (TPSA) is 30.8 Å². The number of nitrogens with zero attached hydrogens (tertiary/aromatic N) is 1. The van der Waals surface area contributed by atoms with E-state index in [9.17, 15) is 0 Å². The van der Waals surface area contributed by atoms with E-state index in [1.165, 1.54) is 0 Å². The van der Waals surface area contributed by atoms with E-state index in [-0.39, 0.29) is 0 Å². The SMILES string of the molecule is CCN=C(Cl)c1ccc(OC)cc1OC. The van der Waals surface area contributed by atoms with Gasteiger partial charge in [-0.2, -0.15) is 0 Å². The van der Waals surface area contributed by atoms with Crippen LogP contribution in [0.25, 0.3) is 0 Å². The number of hydrogen-bond acceptors (Lipinski definition) is 3. The predicted octanol–water partition coefficient (Wildman–Crippen LogP) is 2.71. The van der Waals surface area contributed by atoms with Crippen LogP contribution in [0.2, 0.25) is 0 Å². The summed E-state index contributed by atoms with van der Waals surface area (Å²) in [6.45, 7) is 2.58. The number of benzene rings is 1. The Morgan fingerprint density at radius 2 is 2.07 bits per heavy atom. The van der Waals surface area contributed by atoms with Crippen molar-refractivity contribution in [3.05, 3.63) is 23.8 Å². The first kappa shape index (κ1) is 11.9. The number of rotatable bonds is 4. The summed E-state index contributed by atoms with van der Waals surface area (Å²) >= 11 is 6.01. The standard InChI is InChI=1S/C11H14ClNO2/c1-4-13-11(12)9-6-5-8(14-2)7-10(9)15-3/h5-7H,4H2,1-3H3. The van der Waals surface area contributed by atoms with Crippen molar-refractivity contribution in [3.63, 3.8) is 0 Å². The first-order chi connectivity index (χ1) is 7.22. The second kappa shape index (κ2) is 5.61. The molecule has 0 N–H and O–H groups in total. The van der Waals surface area contributed by atoms with Gasteiger partial charge < -0.3 is 9.47 Å². The van der Waals surface area contributed by atoms with E-state index in [0.29, 0.717) is 17.5 Å². The monoisotopic (exact) mass is 227 g/mol. The van der Waals surface area contributed by atoms with E-state index >= 15 is 0 Å². The number of methoxy groups -OCH3 is 2. The molecule has 0 aromatic heterocycles. The highest BCUT2D eigenvalue weighted by atomic mass is 35.5. The van der Waals surface area contributed by atoms with E-state index in [1.807, 2.05) is 19.1 Å². The van der Waals surface area contributed by atoms with Gasteiger partial charge in [-0.05, 0) is 19.1 Å². The molecule has 1 aromatic carbocycles. The molecular formula is C11H14ClNO2. The molecule has 82 valence electrons. The van der Waals surface area contributed by atoms with Crippen LogP contribution in [0.15, 0.2) is 23.2 Å². The molecule has 3 nitrogen and oxygen atoms in total. The third-order valence-electron chi connectivity index (χ3n) is 1.93. The third kappa shape index (κ3) is 2.86. The zero-order valence-corrected chi connectivity index (χ0v) is 9.84. The molecule has 0 atom stereocenters. The Bertz CT molecular complexity index is 364. The van der Waals surface area contributed by atoms with Gasteiger partial charge in [0, 0.05) is 12.6 Å². The van der Waals surface area contributed by atoms with Crippen LogP contribution in [0.1, 0.15) is 12.5 Å². The van der Waals surface area contributed by atoms with E-state index in [4.69, 9.17) is 21.1 Å². The normalized spacial score (nSPS) is 11.3. The highest BCUT2D eigenvalue weighted by molar-refractivity contribution is 6.69. The molecule has 4 heteroatoms. The van der Waals surface area contributed by atoms with Gasteiger partial charge in [-0.25, -0.2) is 0 Å². The van der Waals surface area contributed by atoms with Crippen molar-refractivity contribution in [3.8, 4) is 11.5 Å². The maximum atomic E-state index is 6.01. The molecule has 15 heavy (non-hydrogen) atoms. The number of aliphatic imine (C=N–C) groups is 1. The second-order valence-electron chi connectivity index (χ2n) is 2.83. The van der Waals surface area contributed by atoms with Gasteiger partial charge in [0.05, 0.1) is 19.8 Å². The fourth-order valence-corrected chi connectivity index (χ4v) is 1.47. The van der Waals surface area contributed by atoms with Crippen molar-refractivity contribution >= 4 is 16.8 Å². The molecule has 0 aliphatic carbocycles. The molecule has 0 radical (unpaired) electrons. The van der Waals surface area contributed by atoms with Crippen molar-refractivity contribution in [2.75, 3.05) is 20.8 Å². The molecule has 0 saturated carbocycles. The summed E-state index contributed by atoms with van der Waals surface area (Å²) in [5, 5.41) is 0.456. The lowest BCUT2D eigenvalue weighted by molar-refractivity contribution is 0.394. The Morgan fingerprint density at radius 1 is 1.33 bits per heavy atom. The highest BCUT2D eigenvalue weighted by Crippen LogP contribution is 2.26. The Morgan fingerprint density at radius 3 is 2.60 bits per heavy atom. The Balaban J connectivity index is 3.13. The first-order valence-electron chi connectivity index (χ1n) is 4.65. The van der Waals surface area contributed by atoms with Gasteiger partial charge in [-0.15, -0.1) is 0 Å². The Hall–Kier alpha value is -1.22. The largest absolute Gasteiger partial charge is 0.497 e. The minimum atomic E-state index is 0.456. The van der Waals surface area contributed by atoms with Crippen molar-refractivity contribution in [1.29, 1.82) is 0 Å². The second-order valence-corrected chi connectivity index (χ2v) is 3.19. The van der Waals surface area contributed by atoms with Crippen molar-refractivity contribution in [2.45, 2.75) is 6.92 Å². The van der Waals surface area contributed by atoms with Gasteiger partial charge in [0.2, 0.25) is 0 Å². The van der Waals surface area contributed by atoms with E-state index in [2.05, 4.69) is 4.99 Å². The zero-order chi connectivity index (χ0) is 11.3. The number of hydrogen-bond donors (Lipinski definition) is 0. The van der Waals surface area contributed by atoms with Gasteiger partial charge in [-0.3, -0.25) is 4.99 Å². The summed E-state index contributed by atoms with van der Waals surface area (Å²) in [7, 11) is 3.20. The van der Waals surface area contributed by atoms with Crippen LogP contribution < -0.4 is 9.47 Å². The lowest BCUT2D eigenvalue weighted by Crippen LogP contribution is -1.98. The number of ether oxygens (including phenoxy) is 2. The predicted molar refractivity (Wildman–Crippen MR) is 62.5 cm³/mol. The average Bonchev–Trinajstić information content (AvgIpc) is 2.28. The molecule has 0 amide bonds. The van der Waals surface area contributed by atoms with E-state index in [1.54, 1.807) is 20.3 Å². The minimum Gasteiger partial charge on any atom is -0.497 e. The summed E-state index contributed by atoms with van der Waals surface area (Å²) in [5.41, 5.74) is 0.779. The van der Waals surface area contributed by atoms with Gasteiger partial charge in [0.15, 0.2) is 0 Å². The highest BCUT2D eigenvalue weighted by Gasteiger charge is 2.08. The zero-order valence-electron chi connectivity index (χ0n) is 9.08. The summed E-state index contributed by atoms with van der Waals surface area (Å²) in [6, 6.07) is 5.44. The fraction of sp³-hybridized carbons (Fsp3) is 0.364. The molecule has 0 unspecified atom stereocenters. The molecule has 1 aromatic rings. The molecule has 0 saturated heterocycles. The Kier molecular flexibility index (Phi) is 4.43. The maximum Gasteiger partial charge on any atom is 0.134 e. The summed E-state index contributed by atoms with van der Waals surface area (Å²) in [5.74, 6) is 1.40. The molecular weight excluding hydrogens is 214 g/mol. The van der Waals surface area contributed by atoms with Gasteiger partial charge >= 0.3 is 0 Å². The van der Waals surface area contributed by atoms with Gasteiger partial charge in [0.1, 0.15) is 16.7 Å². The minimum absolute atomic E-state index is 0.456. The Labute approximate surface area is 94.7 Å². The van der Waals surface area contributed by atoms with Gasteiger partial charge in [0.25, 0.3) is 0 Å². The summed E-state index contributed by atoms with van der Waals surface area (Å²) in [4.78, 5) is 4.12. The molecule has 1 rings (SSSR count). The summed E-state index contributed by atoms with van der Waals surface area (Å²) in [6.07, 6.45) is 0. The van der Waals surface area contributed by atoms with Crippen LogP contribution in [0.4, 0.5) is 0 Å². The van der Waals surface area contributed by atoms with Crippen LogP contribution >= 0.6 is 11.6 Å². The van der Waals surface area contributed by atoms with Crippen LogP contribution in [0.3, 0.4) is 0 Å². The smallest absolute Gasteiger partial charge is 0.134 e. The first-order valence-corrected chi connectivity index (χ1v) is 5.03. The van der Waals surface area contributed by atoms with E-state index < -0.39 is 0 Å². The van der Waals surface area contributed by atoms with Crippen LogP contribution in [0.5, 0.6) is 11.5 Å². The molecule has 0 aliphatic rings. The quantitative estimate of drug-likeness (QED) is 0.741. The van der Waals surface area contributed by atoms with Gasteiger partial charge in [-0.1, -0.05) is 11.6 Å². The molecule has 0 aliphatic heterocycles. The van der Waals surface area contributed by atoms with Crippen LogP contribution in [-0.4, -0.2) is 25.9 Å². The fourth-order valence-electron chi connectivity index (χ4n) is 1.19. The molecule has 0 spiro atoms. The average molecular weight is 228 g/mol. The molecule has 0 fully saturated rings. The van der Waals surface area contributed by atoms with Crippen molar-refractivity contribution in [1.82, 2.24) is 0 Å². The van der Waals surface area contributed by atoms with Crippen molar-refractivity contribution < 1.29 is 9.47 Å². The van der Waals surface area contributed by atoms with E-state index in [0.717, 1.165) is 11.3 Å². The lowest BCUT2D eigenvalue weighted by atomic mass is 10.2. The third-order valence-corrected chi connectivity index (χ3v) is 2.25. The molecule has 0 heterocycles. The number of halogens is 1. The lowest BCUT2D eigenvalue weighted by Gasteiger charge is -2.08. The van der Waals surface area contributed by atoms with Crippen LogP contribution in [0, 0.1) is 0 Å². The van der Waals surface area contributed by atoms with Crippen molar-refractivity contribution in [2.24, 2.45) is 4.99 Å². The maximum absolute atomic E-state index is 6.01. The molecule has 0 bridgehead atoms. The summed E-state index contributed by atoms with van der Waals surface area (Å²) < 4.78 is 10.3.